The third-order valence-corrected chi connectivity index (χ3v) is 6.17. The molecule has 1 aromatic carbocycles. The van der Waals surface area contributed by atoms with Gasteiger partial charge in [0.15, 0.2) is 0 Å². The van der Waals surface area contributed by atoms with Gasteiger partial charge in [-0.15, -0.1) is 0 Å². The van der Waals surface area contributed by atoms with Gasteiger partial charge in [0.2, 0.25) is 17.8 Å². The van der Waals surface area contributed by atoms with E-state index in [0.29, 0.717) is 48.8 Å². The van der Waals surface area contributed by atoms with E-state index in [1.165, 1.54) is 11.0 Å². The normalized spacial score (nSPS) is 16.2. The van der Waals surface area contributed by atoms with Gasteiger partial charge in [-0.1, -0.05) is 24.8 Å². The van der Waals surface area contributed by atoms with Gasteiger partial charge in [-0.05, 0) is 51.2 Å². The van der Waals surface area contributed by atoms with Crippen LogP contribution in [-0.2, 0) is 9.59 Å². The standard InChI is InChI=1S/C30H37FN8O2/c1-4-15-33-28-23(20-35-30(37-28)36-25-13-11-22(19-32)12-14-25)9-6-5-7-16-34-29(41)26-18-24(31)21-39(26)27(40)10-8-17-38(2)3/h8,10-14,20,24,26H,4-5,7,15-18,21H2,1-3H3,(H,34,41)(H2,33,35,36,37)/b10-8+/t24-,26+/m1/s1. The van der Waals surface area contributed by atoms with E-state index in [1.54, 1.807) is 36.5 Å². The van der Waals surface area contributed by atoms with Crippen molar-refractivity contribution in [3.63, 3.8) is 0 Å². The summed E-state index contributed by atoms with van der Waals surface area (Å²) in [6.07, 6.45) is 5.57. The lowest BCUT2D eigenvalue weighted by Crippen LogP contribution is -2.45. The predicted molar refractivity (Wildman–Crippen MR) is 157 cm³/mol. The highest BCUT2D eigenvalue weighted by molar-refractivity contribution is 5.93. The van der Waals surface area contributed by atoms with E-state index in [4.69, 9.17) is 5.26 Å². The molecule has 0 radical (unpaired) electrons. The maximum Gasteiger partial charge on any atom is 0.247 e. The van der Waals surface area contributed by atoms with E-state index >= 15 is 0 Å². The molecule has 41 heavy (non-hydrogen) atoms. The van der Waals surface area contributed by atoms with E-state index in [2.05, 4.69) is 50.8 Å². The minimum absolute atomic E-state index is 0.00245. The summed E-state index contributed by atoms with van der Waals surface area (Å²) in [4.78, 5) is 37.3. The molecule has 2 aromatic rings. The SMILES string of the molecule is CCCNc1nc(Nc2ccc(C#N)cc2)ncc1C#CCCCNC(=O)[C@@H]1C[C@@H](F)CN1C(=O)/C=C/CN(C)C. The number of likely N-dealkylation sites (tertiary alicyclic amines) is 1. The number of nitriles is 1. The summed E-state index contributed by atoms with van der Waals surface area (Å²) < 4.78 is 14.1. The minimum atomic E-state index is -1.22. The van der Waals surface area contributed by atoms with E-state index in [-0.39, 0.29) is 24.8 Å². The summed E-state index contributed by atoms with van der Waals surface area (Å²) in [7, 11) is 3.76. The van der Waals surface area contributed by atoms with Gasteiger partial charge < -0.3 is 25.8 Å². The Balaban J connectivity index is 1.52. The number of carbonyl (C=O) groups is 2. The largest absolute Gasteiger partial charge is 0.369 e. The molecule has 3 rings (SSSR count). The van der Waals surface area contributed by atoms with E-state index < -0.39 is 12.2 Å². The topological polar surface area (TPSA) is 126 Å². The van der Waals surface area contributed by atoms with Gasteiger partial charge >= 0.3 is 0 Å². The molecule has 0 saturated carbocycles. The Morgan fingerprint density at radius 3 is 2.73 bits per heavy atom. The van der Waals surface area contributed by atoms with Crippen LogP contribution in [0.15, 0.2) is 42.6 Å². The average Bonchev–Trinajstić information content (AvgIpc) is 3.36. The quantitative estimate of drug-likeness (QED) is 0.205. The summed E-state index contributed by atoms with van der Waals surface area (Å²) in [5.74, 6) is 6.52. The number of benzene rings is 1. The molecule has 2 atom stereocenters. The number of hydrogen-bond donors (Lipinski definition) is 3. The molecule has 3 N–H and O–H groups in total. The molecule has 0 aliphatic carbocycles. The van der Waals surface area contributed by atoms with Gasteiger partial charge in [-0.25, -0.2) is 9.37 Å². The van der Waals surface area contributed by atoms with E-state index in [9.17, 15) is 14.0 Å². The highest BCUT2D eigenvalue weighted by Gasteiger charge is 2.38. The van der Waals surface area contributed by atoms with Crippen LogP contribution in [0.4, 0.5) is 21.8 Å². The molecule has 1 aliphatic heterocycles. The zero-order chi connectivity index (χ0) is 29.6. The molecule has 1 aliphatic rings. The lowest BCUT2D eigenvalue weighted by molar-refractivity contribution is -0.135. The number of nitrogens with one attached hydrogen (secondary N) is 3. The second kappa shape index (κ2) is 15.9. The van der Waals surface area contributed by atoms with Crippen LogP contribution >= 0.6 is 0 Å². The highest BCUT2D eigenvalue weighted by Crippen LogP contribution is 2.21. The van der Waals surface area contributed by atoms with Crippen molar-refractivity contribution < 1.29 is 14.0 Å². The van der Waals surface area contributed by atoms with Crippen molar-refractivity contribution in [2.24, 2.45) is 0 Å². The van der Waals surface area contributed by atoms with Crippen LogP contribution in [0.1, 0.15) is 43.7 Å². The molecular formula is C30H37FN8O2. The monoisotopic (exact) mass is 560 g/mol. The van der Waals surface area contributed by atoms with Gasteiger partial charge in [-0.3, -0.25) is 9.59 Å². The van der Waals surface area contributed by atoms with Crippen molar-refractivity contribution in [3.05, 3.63) is 53.7 Å². The average molecular weight is 561 g/mol. The fraction of sp³-hybridized carbons (Fsp3) is 0.433. The first-order valence-corrected chi connectivity index (χ1v) is 13.7. The van der Waals surface area contributed by atoms with E-state index in [1.807, 2.05) is 19.0 Å². The molecular weight excluding hydrogens is 523 g/mol. The number of hydrogen-bond acceptors (Lipinski definition) is 8. The zero-order valence-electron chi connectivity index (χ0n) is 23.8. The van der Waals surface area contributed by atoms with Gasteiger partial charge in [0.1, 0.15) is 18.0 Å². The Bertz CT molecular complexity index is 1310. The van der Waals surface area contributed by atoms with Crippen molar-refractivity contribution in [2.45, 2.75) is 44.8 Å². The number of anilines is 3. The number of aromatic nitrogens is 2. The van der Waals surface area contributed by atoms with Crippen LogP contribution in [0.5, 0.6) is 0 Å². The summed E-state index contributed by atoms with van der Waals surface area (Å²) in [6.45, 7) is 3.65. The third kappa shape index (κ3) is 9.89. The molecule has 1 aromatic heterocycles. The van der Waals surface area contributed by atoms with Crippen LogP contribution in [0.25, 0.3) is 0 Å². The molecule has 0 unspecified atom stereocenters. The summed E-state index contributed by atoms with van der Waals surface area (Å²) in [5.41, 5.74) is 1.99. The maximum atomic E-state index is 14.1. The minimum Gasteiger partial charge on any atom is -0.369 e. The Kier molecular flexibility index (Phi) is 12.1. The number of likely N-dealkylation sites (N-methyl/N-ethyl adjacent to an activating group) is 1. The number of rotatable bonds is 12. The van der Waals surface area contributed by atoms with Crippen LogP contribution in [0.3, 0.4) is 0 Å². The first-order valence-electron chi connectivity index (χ1n) is 13.7. The number of unbranched alkanes of at least 4 members (excludes halogenated alkanes) is 1. The number of halogens is 1. The second-order valence-corrected chi connectivity index (χ2v) is 9.90. The van der Waals surface area contributed by atoms with Crippen molar-refractivity contribution in [2.75, 3.05) is 50.9 Å². The van der Waals surface area contributed by atoms with Crippen LogP contribution in [0, 0.1) is 23.2 Å². The van der Waals surface area contributed by atoms with Crippen molar-refractivity contribution in [3.8, 4) is 17.9 Å². The molecule has 0 bridgehead atoms. The summed E-state index contributed by atoms with van der Waals surface area (Å²) in [6, 6.07) is 8.28. The molecule has 216 valence electrons. The van der Waals surface area contributed by atoms with Gasteiger partial charge in [0, 0.05) is 44.2 Å². The molecule has 1 saturated heterocycles. The first-order chi connectivity index (χ1) is 19.8. The lowest BCUT2D eigenvalue weighted by atomic mass is 10.2. The maximum absolute atomic E-state index is 14.1. The Morgan fingerprint density at radius 2 is 2.02 bits per heavy atom. The summed E-state index contributed by atoms with van der Waals surface area (Å²) >= 11 is 0. The molecule has 0 spiro atoms. The third-order valence-electron chi connectivity index (χ3n) is 6.17. The highest BCUT2D eigenvalue weighted by atomic mass is 19.1. The number of amides is 2. The molecule has 10 nitrogen and oxygen atoms in total. The van der Waals surface area contributed by atoms with Gasteiger partial charge in [0.05, 0.1) is 29.9 Å². The van der Waals surface area contributed by atoms with Crippen molar-refractivity contribution in [1.29, 1.82) is 5.26 Å². The number of alkyl halides is 1. The predicted octanol–water partition coefficient (Wildman–Crippen LogP) is 3.22. The van der Waals surface area contributed by atoms with E-state index in [0.717, 1.165) is 18.7 Å². The van der Waals surface area contributed by atoms with Crippen molar-refractivity contribution >= 4 is 29.3 Å². The van der Waals surface area contributed by atoms with Crippen molar-refractivity contribution in [1.82, 2.24) is 25.1 Å². The lowest BCUT2D eigenvalue weighted by Gasteiger charge is -2.22. The zero-order valence-corrected chi connectivity index (χ0v) is 23.8. The fourth-order valence-corrected chi connectivity index (χ4v) is 4.07. The van der Waals surface area contributed by atoms with Crippen LogP contribution in [0.2, 0.25) is 0 Å². The van der Waals surface area contributed by atoms with Gasteiger partial charge in [-0.2, -0.15) is 10.2 Å². The number of carbonyl (C=O) groups excluding carboxylic acids is 2. The Morgan fingerprint density at radius 1 is 1.24 bits per heavy atom. The second-order valence-electron chi connectivity index (χ2n) is 9.90. The molecule has 2 amide bonds. The smallest absolute Gasteiger partial charge is 0.247 e. The Labute approximate surface area is 241 Å². The van der Waals surface area contributed by atoms with Crippen LogP contribution < -0.4 is 16.0 Å². The molecule has 11 heteroatoms. The van der Waals surface area contributed by atoms with Crippen LogP contribution in [-0.4, -0.2) is 84.1 Å². The summed E-state index contributed by atoms with van der Waals surface area (Å²) in [5, 5.41) is 18.2. The fourth-order valence-electron chi connectivity index (χ4n) is 4.07. The van der Waals surface area contributed by atoms with Gasteiger partial charge in [0.25, 0.3) is 0 Å². The molecule has 1 fully saturated rings. The Hall–Kier alpha value is -4.48. The number of nitrogens with zero attached hydrogens (tertiary/aromatic N) is 5. The first kappa shape index (κ1) is 31.1. The molecule has 2 heterocycles.